The van der Waals surface area contributed by atoms with Gasteiger partial charge in [-0.05, 0) is 26.2 Å². The summed E-state index contributed by atoms with van der Waals surface area (Å²) in [6.07, 6.45) is 6.44. The molecule has 2 atom stereocenters. The highest BCUT2D eigenvalue weighted by Gasteiger charge is 2.24. The summed E-state index contributed by atoms with van der Waals surface area (Å²) < 4.78 is 5.52. The van der Waals surface area contributed by atoms with Crippen LogP contribution in [0.5, 0.6) is 5.88 Å². The summed E-state index contributed by atoms with van der Waals surface area (Å²) in [6, 6.07) is 0.716. The standard InChI is InChI=1S/C13H22N4O/c1-3-6-18-13-9-15-8-12(16-13)17-5-4-11(14)7-10(17)2/h8-11H,3-7,14H2,1-2H3. The molecule has 100 valence electrons. The predicted molar refractivity (Wildman–Crippen MR) is 71.8 cm³/mol. The van der Waals surface area contributed by atoms with Crippen molar-refractivity contribution in [2.75, 3.05) is 18.1 Å². The summed E-state index contributed by atoms with van der Waals surface area (Å²) in [7, 11) is 0. The molecule has 18 heavy (non-hydrogen) atoms. The van der Waals surface area contributed by atoms with Crippen molar-refractivity contribution < 1.29 is 4.74 Å². The second kappa shape index (κ2) is 6.00. The molecule has 2 unspecified atom stereocenters. The third-order valence-corrected chi connectivity index (χ3v) is 3.26. The number of hydrogen-bond acceptors (Lipinski definition) is 5. The van der Waals surface area contributed by atoms with E-state index in [2.05, 4.69) is 28.7 Å². The molecule has 1 aliphatic heterocycles. The summed E-state index contributed by atoms with van der Waals surface area (Å²) in [5.74, 6) is 1.50. The van der Waals surface area contributed by atoms with Crippen LogP contribution in [0.4, 0.5) is 5.82 Å². The fraction of sp³-hybridized carbons (Fsp3) is 0.692. The average molecular weight is 250 g/mol. The molecule has 5 heteroatoms. The van der Waals surface area contributed by atoms with E-state index >= 15 is 0 Å². The largest absolute Gasteiger partial charge is 0.477 e. The van der Waals surface area contributed by atoms with Crippen LogP contribution < -0.4 is 15.4 Å². The summed E-state index contributed by atoms with van der Waals surface area (Å²) in [5, 5.41) is 0. The van der Waals surface area contributed by atoms with Crippen molar-refractivity contribution in [3.05, 3.63) is 12.4 Å². The van der Waals surface area contributed by atoms with Crippen LogP contribution in [-0.4, -0.2) is 35.2 Å². The maximum absolute atomic E-state index is 5.97. The molecule has 1 aromatic rings. The molecule has 0 aromatic carbocycles. The van der Waals surface area contributed by atoms with Gasteiger partial charge in [0.05, 0.1) is 19.0 Å². The molecule has 0 saturated carbocycles. The number of anilines is 1. The van der Waals surface area contributed by atoms with E-state index in [1.165, 1.54) is 0 Å². The first kappa shape index (κ1) is 13.1. The third kappa shape index (κ3) is 3.10. The molecule has 2 heterocycles. The maximum atomic E-state index is 5.97. The molecule has 1 aromatic heterocycles. The number of piperidine rings is 1. The molecule has 2 N–H and O–H groups in total. The molecular formula is C13H22N4O. The second-order valence-corrected chi connectivity index (χ2v) is 4.89. The van der Waals surface area contributed by atoms with Crippen molar-refractivity contribution in [2.45, 2.75) is 45.2 Å². The summed E-state index contributed by atoms with van der Waals surface area (Å²) >= 11 is 0. The predicted octanol–water partition coefficient (Wildman–Crippen LogP) is 1.58. The van der Waals surface area contributed by atoms with Crippen molar-refractivity contribution in [2.24, 2.45) is 5.73 Å². The zero-order chi connectivity index (χ0) is 13.0. The third-order valence-electron chi connectivity index (χ3n) is 3.26. The first-order chi connectivity index (χ1) is 8.70. The van der Waals surface area contributed by atoms with Crippen LogP contribution in [0, 0.1) is 0 Å². The zero-order valence-corrected chi connectivity index (χ0v) is 11.2. The quantitative estimate of drug-likeness (QED) is 0.879. The molecule has 2 rings (SSSR count). The van der Waals surface area contributed by atoms with Crippen LogP contribution in [0.25, 0.3) is 0 Å². The smallest absolute Gasteiger partial charge is 0.234 e. The molecule has 0 aliphatic carbocycles. The van der Waals surface area contributed by atoms with Gasteiger partial charge in [-0.2, -0.15) is 4.98 Å². The van der Waals surface area contributed by atoms with Gasteiger partial charge in [0.1, 0.15) is 0 Å². The van der Waals surface area contributed by atoms with Gasteiger partial charge in [0, 0.05) is 18.6 Å². The van der Waals surface area contributed by atoms with E-state index < -0.39 is 0 Å². The Balaban J connectivity index is 2.07. The van der Waals surface area contributed by atoms with Gasteiger partial charge in [-0.25, -0.2) is 0 Å². The van der Waals surface area contributed by atoms with Crippen LogP contribution in [0.1, 0.15) is 33.1 Å². The van der Waals surface area contributed by atoms with E-state index in [4.69, 9.17) is 10.5 Å². The van der Waals surface area contributed by atoms with Crippen molar-refractivity contribution in [1.29, 1.82) is 0 Å². The van der Waals surface area contributed by atoms with E-state index in [-0.39, 0.29) is 0 Å². The Labute approximate surface area is 108 Å². The van der Waals surface area contributed by atoms with E-state index in [1.807, 2.05) is 0 Å². The molecule has 1 saturated heterocycles. The number of hydrogen-bond donors (Lipinski definition) is 1. The van der Waals surface area contributed by atoms with Crippen LogP contribution >= 0.6 is 0 Å². The van der Waals surface area contributed by atoms with Gasteiger partial charge in [-0.15, -0.1) is 0 Å². The lowest BCUT2D eigenvalue weighted by atomic mass is 9.99. The van der Waals surface area contributed by atoms with E-state index in [0.717, 1.165) is 31.6 Å². The Hall–Kier alpha value is -1.36. The van der Waals surface area contributed by atoms with Crippen molar-refractivity contribution >= 4 is 5.82 Å². The molecule has 5 nitrogen and oxygen atoms in total. The fourth-order valence-electron chi connectivity index (χ4n) is 2.30. The fourth-order valence-corrected chi connectivity index (χ4v) is 2.30. The van der Waals surface area contributed by atoms with Crippen molar-refractivity contribution in [3.63, 3.8) is 0 Å². The van der Waals surface area contributed by atoms with Gasteiger partial charge in [0.2, 0.25) is 5.88 Å². The zero-order valence-electron chi connectivity index (χ0n) is 11.2. The average Bonchev–Trinajstić information content (AvgIpc) is 2.36. The number of nitrogens with zero attached hydrogens (tertiary/aromatic N) is 3. The van der Waals surface area contributed by atoms with Crippen molar-refractivity contribution in [1.82, 2.24) is 9.97 Å². The Morgan fingerprint density at radius 2 is 2.33 bits per heavy atom. The summed E-state index contributed by atoms with van der Waals surface area (Å²) in [6.45, 7) is 5.87. The minimum atomic E-state index is 0.309. The van der Waals surface area contributed by atoms with E-state index in [9.17, 15) is 0 Å². The summed E-state index contributed by atoms with van der Waals surface area (Å²) in [4.78, 5) is 11.0. The molecule has 0 radical (unpaired) electrons. The highest BCUT2D eigenvalue weighted by atomic mass is 16.5. The molecule has 0 bridgehead atoms. The molecule has 1 fully saturated rings. The number of rotatable bonds is 4. The Bertz CT molecular complexity index is 385. The molecular weight excluding hydrogens is 228 g/mol. The highest BCUT2D eigenvalue weighted by molar-refractivity contribution is 5.39. The van der Waals surface area contributed by atoms with Gasteiger partial charge in [0.15, 0.2) is 5.82 Å². The Morgan fingerprint density at radius 3 is 3.06 bits per heavy atom. The van der Waals surface area contributed by atoms with Crippen LogP contribution in [-0.2, 0) is 0 Å². The first-order valence-electron chi connectivity index (χ1n) is 6.67. The highest BCUT2D eigenvalue weighted by Crippen LogP contribution is 2.23. The van der Waals surface area contributed by atoms with E-state index in [0.29, 0.717) is 24.6 Å². The Kier molecular flexibility index (Phi) is 4.36. The number of nitrogens with two attached hydrogens (primary N) is 1. The van der Waals surface area contributed by atoms with Crippen LogP contribution in [0.2, 0.25) is 0 Å². The van der Waals surface area contributed by atoms with E-state index in [1.54, 1.807) is 12.4 Å². The minimum absolute atomic E-state index is 0.309. The number of aromatic nitrogens is 2. The van der Waals surface area contributed by atoms with Gasteiger partial charge >= 0.3 is 0 Å². The summed E-state index contributed by atoms with van der Waals surface area (Å²) in [5.41, 5.74) is 5.97. The normalized spacial score (nSPS) is 24.1. The SMILES string of the molecule is CCCOc1cncc(N2CCC(N)CC2C)n1. The second-order valence-electron chi connectivity index (χ2n) is 4.89. The van der Waals surface area contributed by atoms with Gasteiger partial charge in [-0.1, -0.05) is 6.92 Å². The maximum Gasteiger partial charge on any atom is 0.234 e. The first-order valence-corrected chi connectivity index (χ1v) is 6.67. The van der Waals surface area contributed by atoms with Crippen LogP contribution in [0.15, 0.2) is 12.4 Å². The molecule has 0 amide bonds. The monoisotopic (exact) mass is 250 g/mol. The Morgan fingerprint density at radius 1 is 1.50 bits per heavy atom. The van der Waals surface area contributed by atoms with Gasteiger partial charge < -0.3 is 15.4 Å². The minimum Gasteiger partial charge on any atom is -0.477 e. The molecule has 1 aliphatic rings. The van der Waals surface area contributed by atoms with Crippen LogP contribution in [0.3, 0.4) is 0 Å². The lowest BCUT2D eigenvalue weighted by Crippen LogP contribution is -2.46. The lowest BCUT2D eigenvalue weighted by Gasteiger charge is -2.37. The topological polar surface area (TPSA) is 64.3 Å². The van der Waals surface area contributed by atoms with Gasteiger partial charge in [-0.3, -0.25) is 4.98 Å². The van der Waals surface area contributed by atoms with Gasteiger partial charge in [0.25, 0.3) is 0 Å². The lowest BCUT2D eigenvalue weighted by molar-refractivity contribution is 0.303. The van der Waals surface area contributed by atoms with Crippen molar-refractivity contribution in [3.8, 4) is 5.88 Å². The number of ether oxygens (including phenoxy) is 1. The molecule has 0 spiro atoms.